The van der Waals surface area contributed by atoms with Gasteiger partial charge in [-0.05, 0) is 29.3 Å². The number of carbonyl (C=O) groups excluding carboxylic acids is 1. The number of hydrogen-bond donors (Lipinski definition) is 1. The van der Waals surface area contributed by atoms with Gasteiger partial charge in [0.2, 0.25) is 5.91 Å². The van der Waals surface area contributed by atoms with Crippen LogP contribution in [-0.2, 0) is 30.5 Å². The van der Waals surface area contributed by atoms with Crippen LogP contribution in [0.4, 0.5) is 19.0 Å². The molecular formula is C27H26F3N3O. The van der Waals surface area contributed by atoms with Gasteiger partial charge in [-0.2, -0.15) is 13.2 Å². The fraction of sp³-hybridized carbons (Fsp3) is 0.222. The molecule has 0 fully saturated rings. The quantitative estimate of drug-likeness (QED) is 0.366. The SMILES string of the molecule is CN(C)C(=O)Cc1c(NCc2cccc(C(F)(F)F)c2)n(Cc2ccccc2)c2ccccc12. The average molecular weight is 466 g/mol. The highest BCUT2D eigenvalue weighted by atomic mass is 19.4. The van der Waals surface area contributed by atoms with Gasteiger partial charge in [0.05, 0.1) is 17.5 Å². The van der Waals surface area contributed by atoms with E-state index in [1.54, 1.807) is 25.1 Å². The van der Waals surface area contributed by atoms with Crippen molar-refractivity contribution >= 4 is 22.6 Å². The van der Waals surface area contributed by atoms with Gasteiger partial charge in [-0.1, -0.05) is 60.7 Å². The van der Waals surface area contributed by atoms with Crippen molar-refractivity contribution in [3.05, 3.63) is 101 Å². The monoisotopic (exact) mass is 465 g/mol. The Kier molecular flexibility index (Phi) is 6.63. The summed E-state index contributed by atoms with van der Waals surface area (Å²) in [4.78, 5) is 14.2. The summed E-state index contributed by atoms with van der Waals surface area (Å²) < 4.78 is 41.7. The molecule has 0 unspecified atom stereocenters. The largest absolute Gasteiger partial charge is 0.416 e. The lowest BCUT2D eigenvalue weighted by molar-refractivity contribution is -0.137. The van der Waals surface area contributed by atoms with Crippen molar-refractivity contribution < 1.29 is 18.0 Å². The Labute approximate surface area is 196 Å². The minimum Gasteiger partial charge on any atom is -0.367 e. The van der Waals surface area contributed by atoms with Gasteiger partial charge in [-0.3, -0.25) is 4.79 Å². The zero-order chi connectivity index (χ0) is 24.3. The number of aromatic nitrogens is 1. The summed E-state index contributed by atoms with van der Waals surface area (Å²) in [5, 5.41) is 4.30. The first kappa shape index (κ1) is 23.4. The number of benzene rings is 3. The predicted molar refractivity (Wildman–Crippen MR) is 129 cm³/mol. The second-order valence-electron chi connectivity index (χ2n) is 8.43. The number of para-hydroxylation sites is 1. The highest BCUT2D eigenvalue weighted by Crippen LogP contribution is 2.33. The molecule has 0 saturated carbocycles. The Morgan fingerprint density at radius 2 is 1.59 bits per heavy atom. The summed E-state index contributed by atoms with van der Waals surface area (Å²) >= 11 is 0. The van der Waals surface area contributed by atoms with Gasteiger partial charge in [0.1, 0.15) is 5.82 Å². The van der Waals surface area contributed by atoms with E-state index in [1.165, 1.54) is 6.07 Å². The van der Waals surface area contributed by atoms with Gasteiger partial charge < -0.3 is 14.8 Å². The Bertz CT molecular complexity index is 1290. The third-order valence-electron chi connectivity index (χ3n) is 5.80. The van der Waals surface area contributed by atoms with Crippen molar-refractivity contribution in [1.82, 2.24) is 9.47 Å². The van der Waals surface area contributed by atoms with E-state index >= 15 is 0 Å². The van der Waals surface area contributed by atoms with Crippen LogP contribution in [0.25, 0.3) is 10.9 Å². The lowest BCUT2D eigenvalue weighted by atomic mass is 10.1. The van der Waals surface area contributed by atoms with E-state index in [0.29, 0.717) is 12.1 Å². The normalized spacial score (nSPS) is 11.6. The van der Waals surface area contributed by atoms with Crippen LogP contribution in [0, 0.1) is 0 Å². The zero-order valence-corrected chi connectivity index (χ0v) is 19.1. The van der Waals surface area contributed by atoms with Crippen molar-refractivity contribution in [1.29, 1.82) is 0 Å². The highest BCUT2D eigenvalue weighted by molar-refractivity contribution is 5.94. The number of halogens is 3. The van der Waals surface area contributed by atoms with Crippen LogP contribution in [0.1, 0.15) is 22.3 Å². The topological polar surface area (TPSA) is 37.3 Å². The van der Waals surface area contributed by atoms with Crippen LogP contribution in [-0.4, -0.2) is 29.5 Å². The number of carbonyl (C=O) groups is 1. The molecule has 1 amide bonds. The molecule has 0 spiro atoms. The minimum atomic E-state index is -4.40. The van der Waals surface area contributed by atoms with Gasteiger partial charge in [0.15, 0.2) is 0 Å². The standard InChI is InChI=1S/C27H26F3N3O/c1-32(2)25(34)16-23-22-13-6-7-14-24(22)33(18-19-9-4-3-5-10-19)26(23)31-17-20-11-8-12-21(15-20)27(28,29)30/h3-15,31H,16-18H2,1-2H3. The van der Waals surface area contributed by atoms with E-state index in [0.717, 1.165) is 40.0 Å². The number of fused-ring (bicyclic) bond motifs is 1. The van der Waals surface area contributed by atoms with Gasteiger partial charge in [-0.15, -0.1) is 0 Å². The molecule has 4 aromatic rings. The van der Waals surface area contributed by atoms with Crippen LogP contribution < -0.4 is 5.32 Å². The molecule has 4 nitrogen and oxygen atoms in total. The van der Waals surface area contributed by atoms with E-state index in [4.69, 9.17) is 0 Å². The number of alkyl halides is 3. The maximum absolute atomic E-state index is 13.2. The van der Waals surface area contributed by atoms with E-state index in [9.17, 15) is 18.0 Å². The molecule has 34 heavy (non-hydrogen) atoms. The lowest BCUT2D eigenvalue weighted by Crippen LogP contribution is -2.24. The molecule has 1 N–H and O–H groups in total. The second kappa shape index (κ2) is 9.63. The first-order valence-corrected chi connectivity index (χ1v) is 11.0. The summed E-state index contributed by atoms with van der Waals surface area (Å²) in [5.74, 6) is 0.683. The first-order chi connectivity index (χ1) is 16.2. The molecule has 0 radical (unpaired) electrons. The smallest absolute Gasteiger partial charge is 0.367 e. The Balaban J connectivity index is 1.77. The molecular weight excluding hydrogens is 439 g/mol. The Hall–Kier alpha value is -3.74. The van der Waals surface area contributed by atoms with Crippen molar-refractivity contribution in [2.75, 3.05) is 19.4 Å². The van der Waals surface area contributed by atoms with Crippen molar-refractivity contribution in [2.24, 2.45) is 0 Å². The summed E-state index contributed by atoms with van der Waals surface area (Å²) in [7, 11) is 3.42. The highest BCUT2D eigenvalue weighted by Gasteiger charge is 2.30. The summed E-state index contributed by atoms with van der Waals surface area (Å²) in [5.41, 5.74) is 2.70. The molecule has 1 aromatic heterocycles. The Morgan fingerprint density at radius 3 is 2.29 bits per heavy atom. The number of anilines is 1. The number of rotatable bonds is 7. The van der Waals surface area contributed by atoms with Gasteiger partial charge in [0, 0.05) is 38.1 Å². The number of nitrogens with one attached hydrogen (secondary N) is 1. The molecule has 0 aliphatic rings. The van der Waals surface area contributed by atoms with Gasteiger partial charge in [0.25, 0.3) is 0 Å². The third-order valence-corrected chi connectivity index (χ3v) is 5.80. The Morgan fingerprint density at radius 1 is 0.912 bits per heavy atom. The summed E-state index contributed by atoms with van der Waals surface area (Å²) in [6, 6.07) is 23.1. The van der Waals surface area contributed by atoms with E-state index in [-0.39, 0.29) is 18.9 Å². The lowest BCUT2D eigenvalue weighted by Gasteiger charge is -2.16. The molecule has 4 rings (SSSR count). The van der Waals surface area contributed by atoms with Crippen molar-refractivity contribution in [3.63, 3.8) is 0 Å². The van der Waals surface area contributed by atoms with Crippen LogP contribution >= 0.6 is 0 Å². The predicted octanol–water partition coefficient (Wildman–Crippen LogP) is 5.95. The molecule has 0 atom stereocenters. The molecule has 1 heterocycles. The molecule has 0 bridgehead atoms. The minimum absolute atomic E-state index is 0.0512. The average Bonchev–Trinajstić information content (AvgIpc) is 3.10. The summed E-state index contributed by atoms with van der Waals surface area (Å²) in [6.07, 6.45) is -4.22. The van der Waals surface area contributed by atoms with E-state index < -0.39 is 11.7 Å². The van der Waals surface area contributed by atoms with E-state index in [1.807, 2.05) is 54.6 Å². The molecule has 3 aromatic carbocycles. The fourth-order valence-electron chi connectivity index (χ4n) is 4.04. The van der Waals surface area contributed by atoms with Crippen LogP contribution in [0.5, 0.6) is 0 Å². The first-order valence-electron chi connectivity index (χ1n) is 11.0. The number of amides is 1. The summed E-state index contributed by atoms with van der Waals surface area (Å²) in [6.45, 7) is 0.751. The van der Waals surface area contributed by atoms with E-state index in [2.05, 4.69) is 9.88 Å². The molecule has 0 aliphatic heterocycles. The van der Waals surface area contributed by atoms with Crippen molar-refractivity contribution in [3.8, 4) is 0 Å². The van der Waals surface area contributed by atoms with Gasteiger partial charge in [-0.25, -0.2) is 0 Å². The maximum Gasteiger partial charge on any atom is 0.416 e. The molecule has 176 valence electrons. The molecule has 0 saturated heterocycles. The fourth-order valence-corrected chi connectivity index (χ4v) is 4.04. The van der Waals surface area contributed by atoms with Crippen LogP contribution in [0.2, 0.25) is 0 Å². The third kappa shape index (κ3) is 5.09. The number of likely N-dealkylation sites (N-methyl/N-ethyl adjacent to an activating group) is 1. The van der Waals surface area contributed by atoms with Gasteiger partial charge >= 0.3 is 6.18 Å². The number of hydrogen-bond acceptors (Lipinski definition) is 2. The number of nitrogens with zero attached hydrogens (tertiary/aromatic N) is 2. The van der Waals surface area contributed by atoms with Crippen LogP contribution in [0.3, 0.4) is 0 Å². The van der Waals surface area contributed by atoms with Crippen molar-refractivity contribution in [2.45, 2.75) is 25.7 Å². The molecule has 7 heteroatoms. The maximum atomic E-state index is 13.2. The second-order valence-corrected chi connectivity index (χ2v) is 8.43. The zero-order valence-electron chi connectivity index (χ0n) is 19.1. The molecule has 0 aliphatic carbocycles. The van der Waals surface area contributed by atoms with Crippen LogP contribution in [0.15, 0.2) is 78.9 Å².